The summed E-state index contributed by atoms with van der Waals surface area (Å²) in [6.07, 6.45) is -2.85. The van der Waals surface area contributed by atoms with Crippen molar-refractivity contribution in [3.8, 4) is 0 Å². The van der Waals surface area contributed by atoms with E-state index in [4.69, 9.17) is 0 Å². The highest BCUT2D eigenvalue weighted by molar-refractivity contribution is 5.94. The maximum atomic E-state index is 12.6. The van der Waals surface area contributed by atoms with Gasteiger partial charge in [0.1, 0.15) is 0 Å². The lowest BCUT2D eigenvalue weighted by Crippen LogP contribution is -2.24. The van der Waals surface area contributed by atoms with E-state index in [1.165, 1.54) is 12.1 Å². The zero-order valence-corrected chi connectivity index (χ0v) is 11.3. The average molecular weight is 297 g/mol. The van der Waals surface area contributed by atoms with E-state index in [2.05, 4.69) is 10.4 Å². The Bertz CT molecular complexity index is 634. The summed E-state index contributed by atoms with van der Waals surface area (Å²) in [6, 6.07) is 6.08. The van der Waals surface area contributed by atoms with Gasteiger partial charge < -0.3 is 5.32 Å². The van der Waals surface area contributed by atoms with Crippen LogP contribution in [0.15, 0.2) is 36.5 Å². The SMILES string of the molecule is CCn1nccc1CNC(=O)c1cccc(C(F)(F)F)c1. The second-order valence-corrected chi connectivity index (χ2v) is 4.40. The number of hydrogen-bond donors (Lipinski definition) is 1. The monoisotopic (exact) mass is 297 g/mol. The van der Waals surface area contributed by atoms with Gasteiger partial charge in [0, 0.05) is 18.3 Å². The summed E-state index contributed by atoms with van der Waals surface area (Å²) in [7, 11) is 0. The molecule has 2 aromatic rings. The Kier molecular flexibility index (Phi) is 4.30. The van der Waals surface area contributed by atoms with Crippen LogP contribution >= 0.6 is 0 Å². The Morgan fingerprint density at radius 3 is 2.76 bits per heavy atom. The quantitative estimate of drug-likeness (QED) is 0.943. The number of alkyl halides is 3. The molecule has 0 aliphatic rings. The van der Waals surface area contributed by atoms with Gasteiger partial charge in [-0.1, -0.05) is 6.07 Å². The zero-order valence-electron chi connectivity index (χ0n) is 11.3. The van der Waals surface area contributed by atoms with E-state index in [0.29, 0.717) is 6.54 Å². The van der Waals surface area contributed by atoms with Crippen molar-refractivity contribution < 1.29 is 18.0 Å². The summed E-state index contributed by atoms with van der Waals surface area (Å²) in [4.78, 5) is 11.9. The molecule has 1 N–H and O–H groups in total. The van der Waals surface area contributed by atoms with Crippen LogP contribution in [-0.2, 0) is 19.3 Å². The highest BCUT2D eigenvalue weighted by atomic mass is 19.4. The second kappa shape index (κ2) is 5.99. The van der Waals surface area contributed by atoms with Crippen LogP contribution in [0, 0.1) is 0 Å². The fourth-order valence-electron chi connectivity index (χ4n) is 1.90. The summed E-state index contributed by atoms with van der Waals surface area (Å²) in [5, 5.41) is 6.64. The number of aryl methyl sites for hydroxylation is 1. The van der Waals surface area contributed by atoms with Crippen LogP contribution in [0.5, 0.6) is 0 Å². The van der Waals surface area contributed by atoms with Crippen molar-refractivity contribution in [3.63, 3.8) is 0 Å². The van der Waals surface area contributed by atoms with E-state index in [0.717, 1.165) is 17.8 Å². The van der Waals surface area contributed by atoms with Crippen molar-refractivity contribution >= 4 is 5.91 Å². The number of aromatic nitrogens is 2. The smallest absolute Gasteiger partial charge is 0.346 e. The maximum Gasteiger partial charge on any atom is 0.416 e. The fraction of sp³-hybridized carbons (Fsp3) is 0.286. The lowest BCUT2D eigenvalue weighted by molar-refractivity contribution is -0.137. The number of nitrogens with zero attached hydrogens (tertiary/aromatic N) is 2. The van der Waals surface area contributed by atoms with Gasteiger partial charge in [0.2, 0.25) is 0 Å². The Morgan fingerprint density at radius 1 is 1.33 bits per heavy atom. The summed E-state index contributed by atoms with van der Waals surface area (Å²) < 4.78 is 39.5. The Balaban J connectivity index is 2.07. The van der Waals surface area contributed by atoms with Crippen molar-refractivity contribution in [2.24, 2.45) is 0 Å². The molecule has 0 atom stereocenters. The number of nitrogens with one attached hydrogen (secondary N) is 1. The van der Waals surface area contributed by atoms with Crippen LogP contribution in [0.3, 0.4) is 0 Å². The maximum absolute atomic E-state index is 12.6. The third-order valence-electron chi connectivity index (χ3n) is 2.99. The van der Waals surface area contributed by atoms with E-state index in [1.54, 1.807) is 16.9 Å². The van der Waals surface area contributed by atoms with Gasteiger partial charge in [0.25, 0.3) is 5.91 Å². The van der Waals surface area contributed by atoms with Gasteiger partial charge in [-0.25, -0.2) is 0 Å². The first-order chi connectivity index (χ1) is 9.91. The molecule has 7 heteroatoms. The minimum atomic E-state index is -4.46. The molecule has 0 bridgehead atoms. The fourth-order valence-corrected chi connectivity index (χ4v) is 1.90. The molecule has 0 saturated heterocycles. The largest absolute Gasteiger partial charge is 0.416 e. The summed E-state index contributed by atoms with van der Waals surface area (Å²) >= 11 is 0. The zero-order chi connectivity index (χ0) is 15.5. The van der Waals surface area contributed by atoms with Crippen molar-refractivity contribution in [1.29, 1.82) is 0 Å². The molecular formula is C14H14F3N3O. The minimum absolute atomic E-state index is 0.0209. The lowest BCUT2D eigenvalue weighted by Gasteiger charge is -2.10. The number of hydrogen-bond acceptors (Lipinski definition) is 2. The molecule has 0 saturated carbocycles. The number of rotatable bonds is 4. The van der Waals surface area contributed by atoms with Gasteiger partial charge in [-0.2, -0.15) is 18.3 Å². The highest BCUT2D eigenvalue weighted by Gasteiger charge is 2.30. The molecule has 4 nitrogen and oxygen atoms in total. The molecule has 21 heavy (non-hydrogen) atoms. The van der Waals surface area contributed by atoms with Gasteiger partial charge in [0.05, 0.1) is 17.8 Å². The van der Waals surface area contributed by atoms with Crippen LogP contribution in [0.25, 0.3) is 0 Å². The molecule has 1 heterocycles. The normalized spacial score (nSPS) is 11.4. The van der Waals surface area contributed by atoms with Gasteiger partial charge in [-0.3, -0.25) is 9.48 Å². The van der Waals surface area contributed by atoms with E-state index in [9.17, 15) is 18.0 Å². The van der Waals surface area contributed by atoms with Crippen molar-refractivity contribution in [1.82, 2.24) is 15.1 Å². The first-order valence-electron chi connectivity index (χ1n) is 6.38. The van der Waals surface area contributed by atoms with E-state index >= 15 is 0 Å². The van der Waals surface area contributed by atoms with Gasteiger partial charge in [-0.15, -0.1) is 0 Å². The van der Waals surface area contributed by atoms with Gasteiger partial charge >= 0.3 is 6.18 Å². The van der Waals surface area contributed by atoms with E-state index in [-0.39, 0.29) is 12.1 Å². The minimum Gasteiger partial charge on any atom is -0.346 e. The standard InChI is InChI=1S/C14H14F3N3O/c1-2-20-12(6-7-19-20)9-18-13(21)10-4-3-5-11(8-10)14(15,16)17/h3-8H,2,9H2,1H3,(H,18,21). The molecule has 0 radical (unpaired) electrons. The molecule has 0 spiro atoms. The molecule has 0 aliphatic heterocycles. The van der Waals surface area contributed by atoms with Gasteiger partial charge in [0.15, 0.2) is 0 Å². The summed E-state index contributed by atoms with van der Waals surface area (Å²) in [6.45, 7) is 2.77. The first kappa shape index (κ1) is 15.1. The van der Waals surface area contributed by atoms with Crippen LogP contribution in [-0.4, -0.2) is 15.7 Å². The molecule has 1 amide bonds. The van der Waals surface area contributed by atoms with Crippen molar-refractivity contribution in [2.45, 2.75) is 26.2 Å². The van der Waals surface area contributed by atoms with Crippen LogP contribution < -0.4 is 5.32 Å². The Hall–Kier alpha value is -2.31. The topological polar surface area (TPSA) is 46.9 Å². The highest BCUT2D eigenvalue weighted by Crippen LogP contribution is 2.29. The number of carbonyl (C=O) groups is 1. The predicted molar refractivity (Wildman–Crippen MR) is 70.5 cm³/mol. The molecule has 2 rings (SSSR count). The van der Waals surface area contributed by atoms with Gasteiger partial charge in [-0.05, 0) is 31.2 Å². The third kappa shape index (κ3) is 3.62. The van der Waals surface area contributed by atoms with Crippen molar-refractivity contribution in [3.05, 3.63) is 53.3 Å². The van der Waals surface area contributed by atoms with Crippen LogP contribution in [0.2, 0.25) is 0 Å². The number of halogens is 3. The third-order valence-corrected chi connectivity index (χ3v) is 2.99. The molecular weight excluding hydrogens is 283 g/mol. The summed E-state index contributed by atoms with van der Waals surface area (Å²) in [5.41, 5.74) is -0.0704. The summed E-state index contributed by atoms with van der Waals surface area (Å²) in [5.74, 6) is -0.551. The molecule has 0 unspecified atom stereocenters. The van der Waals surface area contributed by atoms with E-state index < -0.39 is 17.6 Å². The number of carbonyl (C=O) groups excluding carboxylic acids is 1. The average Bonchev–Trinajstić information content (AvgIpc) is 2.91. The molecule has 0 aliphatic carbocycles. The Labute approximate surface area is 119 Å². The number of benzene rings is 1. The lowest BCUT2D eigenvalue weighted by atomic mass is 10.1. The molecule has 0 fully saturated rings. The molecule has 1 aromatic carbocycles. The number of amides is 1. The van der Waals surface area contributed by atoms with E-state index in [1.807, 2.05) is 6.92 Å². The van der Waals surface area contributed by atoms with Crippen LogP contribution in [0.4, 0.5) is 13.2 Å². The first-order valence-corrected chi connectivity index (χ1v) is 6.38. The Morgan fingerprint density at radius 2 is 2.10 bits per heavy atom. The second-order valence-electron chi connectivity index (χ2n) is 4.40. The van der Waals surface area contributed by atoms with Crippen LogP contribution in [0.1, 0.15) is 28.5 Å². The molecule has 1 aromatic heterocycles. The predicted octanol–water partition coefficient (Wildman–Crippen LogP) is 2.85. The molecule has 112 valence electrons. The van der Waals surface area contributed by atoms with Crippen molar-refractivity contribution in [2.75, 3.05) is 0 Å².